The normalized spacial score (nSPS) is 22.0. The number of piperidine rings is 1. The summed E-state index contributed by atoms with van der Waals surface area (Å²) in [6.45, 7) is 0.290. The monoisotopic (exact) mass is 356 g/mol. The first-order valence-corrected chi connectivity index (χ1v) is 7.27. The second-order valence-electron chi connectivity index (χ2n) is 4.79. The van der Waals surface area contributed by atoms with E-state index < -0.39 is 11.9 Å². The van der Waals surface area contributed by atoms with Gasteiger partial charge in [-0.3, -0.25) is 19.7 Å². The van der Waals surface area contributed by atoms with Gasteiger partial charge in [-0.05, 0) is 34.5 Å². The predicted octanol–water partition coefficient (Wildman–Crippen LogP) is 1.86. The lowest BCUT2D eigenvalue weighted by Gasteiger charge is -2.29. The molecular formula is C13H10BrClN2O3. The molecule has 2 aliphatic heterocycles. The van der Waals surface area contributed by atoms with Crippen LogP contribution in [0.5, 0.6) is 0 Å². The summed E-state index contributed by atoms with van der Waals surface area (Å²) in [6.07, 6.45) is 0.594. The van der Waals surface area contributed by atoms with E-state index in [1.54, 1.807) is 12.1 Å². The zero-order valence-electron chi connectivity index (χ0n) is 10.3. The van der Waals surface area contributed by atoms with E-state index in [2.05, 4.69) is 21.2 Å². The molecule has 1 saturated heterocycles. The van der Waals surface area contributed by atoms with Crippen molar-refractivity contribution >= 4 is 45.3 Å². The molecule has 2 aliphatic rings. The summed E-state index contributed by atoms with van der Waals surface area (Å²) in [5.74, 6) is -0.933. The maximum absolute atomic E-state index is 12.4. The highest BCUT2D eigenvalue weighted by Gasteiger charge is 2.39. The molecular weight excluding hydrogens is 348 g/mol. The molecule has 104 valence electrons. The second-order valence-corrected chi connectivity index (χ2v) is 6.02. The maximum Gasteiger partial charge on any atom is 0.255 e. The number of benzene rings is 1. The largest absolute Gasteiger partial charge is 0.322 e. The van der Waals surface area contributed by atoms with Crippen molar-refractivity contribution in [1.29, 1.82) is 0 Å². The predicted molar refractivity (Wildman–Crippen MR) is 75.2 cm³/mol. The minimum absolute atomic E-state index is 0.219. The number of amides is 3. The molecule has 0 radical (unpaired) electrons. The first kappa shape index (κ1) is 13.6. The van der Waals surface area contributed by atoms with Crippen LogP contribution in [0.4, 0.5) is 0 Å². The van der Waals surface area contributed by atoms with Crippen LogP contribution in [0.15, 0.2) is 16.6 Å². The number of nitrogens with one attached hydrogen (secondary N) is 1. The van der Waals surface area contributed by atoms with E-state index in [0.717, 1.165) is 10.0 Å². The van der Waals surface area contributed by atoms with Crippen LogP contribution in [0, 0.1) is 0 Å². The van der Waals surface area contributed by atoms with Gasteiger partial charge in [-0.1, -0.05) is 11.6 Å². The van der Waals surface area contributed by atoms with E-state index in [9.17, 15) is 14.4 Å². The average Bonchev–Trinajstić information content (AvgIpc) is 2.72. The van der Waals surface area contributed by atoms with E-state index in [1.807, 2.05) is 0 Å². The van der Waals surface area contributed by atoms with Gasteiger partial charge in [-0.2, -0.15) is 0 Å². The van der Waals surface area contributed by atoms with Gasteiger partial charge in [0.25, 0.3) is 5.91 Å². The lowest BCUT2D eigenvalue weighted by Crippen LogP contribution is -2.52. The molecule has 0 saturated carbocycles. The molecule has 0 aliphatic carbocycles. The van der Waals surface area contributed by atoms with Crippen molar-refractivity contribution in [3.63, 3.8) is 0 Å². The molecule has 1 unspecified atom stereocenters. The number of hydrogen-bond acceptors (Lipinski definition) is 3. The Kier molecular flexibility index (Phi) is 3.30. The summed E-state index contributed by atoms with van der Waals surface area (Å²) >= 11 is 9.51. The Morgan fingerprint density at radius 3 is 2.75 bits per heavy atom. The number of carbonyl (C=O) groups is 3. The fraction of sp³-hybridized carbons (Fsp3) is 0.308. The lowest BCUT2D eigenvalue weighted by molar-refractivity contribution is -0.136. The van der Waals surface area contributed by atoms with Crippen molar-refractivity contribution in [1.82, 2.24) is 10.2 Å². The lowest BCUT2D eigenvalue weighted by atomic mass is 10.0. The van der Waals surface area contributed by atoms with Crippen molar-refractivity contribution in [2.45, 2.75) is 25.4 Å². The molecule has 1 aromatic carbocycles. The topological polar surface area (TPSA) is 66.5 Å². The number of imide groups is 1. The summed E-state index contributed by atoms with van der Waals surface area (Å²) in [6, 6.07) is 2.80. The van der Waals surface area contributed by atoms with Crippen LogP contribution in [0.2, 0.25) is 5.02 Å². The molecule has 1 N–H and O–H groups in total. The first-order valence-electron chi connectivity index (χ1n) is 6.10. The molecule has 3 rings (SSSR count). The van der Waals surface area contributed by atoms with Crippen molar-refractivity contribution in [2.24, 2.45) is 0 Å². The molecule has 1 aromatic rings. The molecule has 0 aromatic heterocycles. The molecule has 0 bridgehead atoms. The minimum Gasteiger partial charge on any atom is -0.322 e. The van der Waals surface area contributed by atoms with E-state index in [1.165, 1.54) is 4.90 Å². The van der Waals surface area contributed by atoms with Crippen LogP contribution in [0.3, 0.4) is 0 Å². The van der Waals surface area contributed by atoms with Crippen LogP contribution in [-0.4, -0.2) is 28.7 Å². The van der Waals surface area contributed by atoms with E-state index in [0.29, 0.717) is 23.6 Å². The summed E-state index contributed by atoms with van der Waals surface area (Å²) in [7, 11) is 0. The molecule has 3 amide bonds. The second kappa shape index (κ2) is 4.86. The standard InChI is InChI=1S/C13H10BrClN2O3/c14-8-2-1-6-7(11(8)15)5-17(13(6)20)9-3-4-10(18)16-12(9)19/h1-2,9H,3-5H2,(H,16,18,19). The average molecular weight is 358 g/mol. The molecule has 1 atom stereocenters. The van der Waals surface area contributed by atoms with Gasteiger partial charge in [0.15, 0.2) is 0 Å². The third kappa shape index (κ3) is 2.03. The van der Waals surface area contributed by atoms with Gasteiger partial charge in [0.2, 0.25) is 11.8 Å². The summed E-state index contributed by atoms with van der Waals surface area (Å²) in [5.41, 5.74) is 1.23. The van der Waals surface area contributed by atoms with Gasteiger partial charge in [-0.15, -0.1) is 0 Å². The number of nitrogens with zero attached hydrogens (tertiary/aromatic N) is 1. The van der Waals surface area contributed by atoms with E-state index in [4.69, 9.17) is 11.6 Å². The van der Waals surface area contributed by atoms with Crippen LogP contribution < -0.4 is 5.32 Å². The van der Waals surface area contributed by atoms with E-state index >= 15 is 0 Å². The molecule has 2 heterocycles. The van der Waals surface area contributed by atoms with E-state index in [-0.39, 0.29) is 18.2 Å². The Hall–Kier alpha value is -1.40. The SMILES string of the molecule is O=C1CCC(N2Cc3c(ccc(Br)c3Cl)C2=O)C(=O)N1. The summed E-state index contributed by atoms with van der Waals surface area (Å²) < 4.78 is 0.718. The Morgan fingerprint density at radius 1 is 1.30 bits per heavy atom. The quantitative estimate of drug-likeness (QED) is 0.780. The third-order valence-electron chi connectivity index (χ3n) is 3.60. The highest BCUT2D eigenvalue weighted by Crippen LogP contribution is 2.36. The summed E-state index contributed by atoms with van der Waals surface area (Å²) in [4.78, 5) is 36.9. The zero-order valence-corrected chi connectivity index (χ0v) is 12.6. The third-order valence-corrected chi connectivity index (χ3v) is 4.92. The molecule has 0 spiro atoms. The van der Waals surface area contributed by atoms with Crippen molar-refractivity contribution in [3.8, 4) is 0 Å². The molecule has 1 fully saturated rings. The highest BCUT2D eigenvalue weighted by atomic mass is 79.9. The smallest absolute Gasteiger partial charge is 0.255 e. The number of fused-ring (bicyclic) bond motifs is 1. The van der Waals surface area contributed by atoms with Gasteiger partial charge >= 0.3 is 0 Å². The number of rotatable bonds is 1. The van der Waals surface area contributed by atoms with Crippen LogP contribution >= 0.6 is 27.5 Å². The van der Waals surface area contributed by atoms with Gasteiger partial charge in [0, 0.05) is 28.6 Å². The van der Waals surface area contributed by atoms with Crippen LogP contribution in [0.1, 0.15) is 28.8 Å². The van der Waals surface area contributed by atoms with Crippen LogP contribution in [0.25, 0.3) is 0 Å². The number of halogens is 2. The highest BCUT2D eigenvalue weighted by molar-refractivity contribution is 9.10. The first-order chi connectivity index (χ1) is 9.49. The van der Waals surface area contributed by atoms with Gasteiger partial charge in [-0.25, -0.2) is 0 Å². The van der Waals surface area contributed by atoms with Crippen LogP contribution in [-0.2, 0) is 16.1 Å². The van der Waals surface area contributed by atoms with Gasteiger partial charge in [0.05, 0.1) is 5.02 Å². The molecule has 7 heteroatoms. The number of carbonyl (C=O) groups excluding carboxylic acids is 3. The Bertz CT molecular complexity index is 647. The van der Waals surface area contributed by atoms with Crippen molar-refractivity contribution < 1.29 is 14.4 Å². The minimum atomic E-state index is -0.609. The molecule has 20 heavy (non-hydrogen) atoms. The Morgan fingerprint density at radius 2 is 2.05 bits per heavy atom. The Labute approximate surface area is 128 Å². The Balaban J connectivity index is 1.92. The van der Waals surface area contributed by atoms with Gasteiger partial charge < -0.3 is 4.90 Å². The fourth-order valence-corrected chi connectivity index (χ4v) is 3.17. The number of hydrogen-bond donors (Lipinski definition) is 1. The van der Waals surface area contributed by atoms with Crippen molar-refractivity contribution in [3.05, 3.63) is 32.8 Å². The fourth-order valence-electron chi connectivity index (χ4n) is 2.58. The van der Waals surface area contributed by atoms with Crippen molar-refractivity contribution in [2.75, 3.05) is 0 Å². The molecule has 5 nitrogen and oxygen atoms in total. The zero-order chi connectivity index (χ0) is 14.4. The summed E-state index contributed by atoms with van der Waals surface area (Å²) in [5, 5.41) is 2.76. The maximum atomic E-state index is 12.4. The van der Waals surface area contributed by atoms with Gasteiger partial charge in [0.1, 0.15) is 6.04 Å².